The van der Waals surface area contributed by atoms with E-state index < -0.39 is 34.3 Å². The molecule has 0 aromatic heterocycles. The van der Waals surface area contributed by atoms with Gasteiger partial charge in [-0.15, -0.1) is 0 Å². The van der Waals surface area contributed by atoms with Crippen LogP contribution in [0.5, 0.6) is 0 Å². The summed E-state index contributed by atoms with van der Waals surface area (Å²) in [6, 6.07) is 11.6. The highest BCUT2D eigenvalue weighted by molar-refractivity contribution is 7.92. The number of halogens is 1. The molecule has 1 N–H and O–H groups in total. The summed E-state index contributed by atoms with van der Waals surface area (Å²) in [5.74, 6) is -1.36. The highest BCUT2D eigenvalue weighted by Crippen LogP contribution is 2.20. The Balaban J connectivity index is 2.35. The topological polar surface area (TPSA) is 86.8 Å². The number of rotatable bonds is 11. The molecule has 0 aliphatic rings. The van der Waals surface area contributed by atoms with Crippen LogP contribution in [0.4, 0.5) is 10.1 Å². The summed E-state index contributed by atoms with van der Waals surface area (Å²) in [4.78, 5) is 27.5. The van der Waals surface area contributed by atoms with Gasteiger partial charge in [0.15, 0.2) is 0 Å². The van der Waals surface area contributed by atoms with Crippen LogP contribution in [-0.2, 0) is 26.2 Å². The van der Waals surface area contributed by atoms with Gasteiger partial charge in [0, 0.05) is 13.1 Å². The van der Waals surface area contributed by atoms with E-state index in [0.717, 1.165) is 46.7 Å². The maximum absolute atomic E-state index is 13.4. The Morgan fingerprint density at radius 3 is 2.30 bits per heavy atom. The molecule has 2 amide bonds. The van der Waals surface area contributed by atoms with Gasteiger partial charge in [0.25, 0.3) is 0 Å². The zero-order valence-electron chi connectivity index (χ0n) is 19.5. The Morgan fingerprint density at radius 2 is 1.73 bits per heavy atom. The van der Waals surface area contributed by atoms with E-state index in [9.17, 15) is 22.4 Å². The Labute approximate surface area is 195 Å². The SMILES string of the molecule is CCCCNC(=O)[C@@H](C)N(Cc1ccccc1C)C(=O)CN(c1ccc(F)cc1)S(C)(=O)=O. The summed E-state index contributed by atoms with van der Waals surface area (Å²) < 4.78 is 39.2. The quantitative estimate of drug-likeness (QED) is 0.504. The lowest BCUT2D eigenvalue weighted by atomic mass is 10.1. The van der Waals surface area contributed by atoms with E-state index in [-0.39, 0.29) is 18.1 Å². The fraction of sp³-hybridized carbons (Fsp3) is 0.417. The molecule has 0 saturated carbocycles. The Bertz CT molecular complexity index is 1060. The third-order valence-electron chi connectivity index (χ3n) is 5.39. The number of sulfonamides is 1. The highest BCUT2D eigenvalue weighted by atomic mass is 32.2. The molecule has 2 aromatic rings. The molecule has 2 rings (SSSR count). The van der Waals surface area contributed by atoms with Gasteiger partial charge >= 0.3 is 0 Å². The van der Waals surface area contributed by atoms with Crippen LogP contribution in [0.3, 0.4) is 0 Å². The van der Waals surface area contributed by atoms with Crippen molar-refractivity contribution in [3.63, 3.8) is 0 Å². The van der Waals surface area contributed by atoms with Gasteiger partial charge in [-0.2, -0.15) is 0 Å². The minimum atomic E-state index is -3.84. The van der Waals surface area contributed by atoms with E-state index in [4.69, 9.17) is 0 Å². The normalized spacial score (nSPS) is 12.2. The monoisotopic (exact) mass is 477 g/mol. The van der Waals surface area contributed by atoms with Crippen LogP contribution < -0.4 is 9.62 Å². The first kappa shape index (κ1) is 26.3. The molecule has 0 aliphatic heterocycles. The molecule has 0 aliphatic carbocycles. The maximum Gasteiger partial charge on any atom is 0.244 e. The van der Waals surface area contributed by atoms with Crippen molar-refractivity contribution in [3.8, 4) is 0 Å². The molecule has 0 spiro atoms. The number of carbonyl (C=O) groups is 2. The summed E-state index contributed by atoms with van der Waals surface area (Å²) in [5.41, 5.74) is 1.97. The summed E-state index contributed by atoms with van der Waals surface area (Å²) >= 11 is 0. The fourth-order valence-electron chi connectivity index (χ4n) is 3.31. The molecule has 0 unspecified atom stereocenters. The summed E-state index contributed by atoms with van der Waals surface area (Å²) in [7, 11) is -3.84. The highest BCUT2D eigenvalue weighted by Gasteiger charge is 2.30. The van der Waals surface area contributed by atoms with Crippen molar-refractivity contribution < 1.29 is 22.4 Å². The molecule has 0 heterocycles. The molecule has 2 aromatic carbocycles. The molecule has 9 heteroatoms. The van der Waals surface area contributed by atoms with Gasteiger partial charge in [0.05, 0.1) is 11.9 Å². The number of nitrogens with zero attached hydrogens (tertiary/aromatic N) is 2. The number of amides is 2. The largest absolute Gasteiger partial charge is 0.354 e. The minimum absolute atomic E-state index is 0.148. The van der Waals surface area contributed by atoms with Gasteiger partial charge in [0.2, 0.25) is 21.8 Å². The van der Waals surface area contributed by atoms with E-state index in [1.54, 1.807) is 6.92 Å². The first-order chi connectivity index (χ1) is 15.5. The van der Waals surface area contributed by atoms with Crippen molar-refractivity contribution >= 4 is 27.5 Å². The zero-order valence-corrected chi connectivity index (χ0v) is 20.4. The van der Waals surface area contributed by atoms with Crippen LogP contribution in [-0.4, -0.2) is 50.5 Å². The van der Waals surface area contributed by atoms with E-state index in [2.05, 4.69) is 5.32 Å². The third-order valence-corrected chi connectivity index (χ3v) is 6.53. The molecule has 0 fully saturated rings. The Kier molecular flexibility index (Phi) is 9.40. The predicted molar refractivity (Wildman–Crippen MR) is 128 cm³/mol. The Morgan fingerprint density at radius 1 is 1.09 bits per heavy atom. The smallest absolute Gasteiger partial charge is 0.244 e. The molecule has 7 nitrogen and oxygen atoms in total. The number of aryl methyl sites for hydroxylation is 1. The van der Waals surface area contributed by atoms with Gasteiger partial charge in [0.1, 0.15) is 18.4 Å². The number of hydrogen-bond donors (Lipinski definition) is 1. The molecule has 0 bridgehead atoms. The number of unbranched alkanes of at least 4 members (excludes halogenated alkanes) is 1. The molecule has 0 saturated heterocycles. The van der Waals surface area contributed by atoms with Crippen molar-refractivity contribution in [2.45, 2.75) is 46.2 Å². The van der Waals surface area contributed by atoms with Crippen LogP contribution in [0.1, 0.15) is 37.8 Å². The van der Waals surface area contributed by atoms with Crippen molar-refractivity contribution in [1.82, 2.24) is 10.2 Å². The van der Waals surface area contributed by atoms with Crippen LogP contribution in [0.15, 0.2) is 48.5 Å². The van der Waals surface area contributed by atoms with E-state index in [0.29, 0.717) is 6.54 Å². The van der Waals surface area contributed by atoms with Crippen LogP contribution in [0.25, 0.3) is 0 Å². The van der Waals surface area contributed by atoms with Gasteiger partial charge in [-0.25, -0.2) is 12.8 Å². The lowest BCUT2D eigenvalue weighted by Gasteiger charge is -2.31. The minimum Gasteiger partial charge on any atom is -0.354 e. The number of nitrogens with one attached hydrogen (secondary N) is 1. The average Bonchev–Trinajstić information content (AvgIpc) is 2.76. The van der Waals surface area contributed by atoms with Crippen LogP contribution in [0, 0.1) is 12.7 Å². The van der Waals surface area contributed by atoms with E-state index in [1.165, 1.54) is 17.0 Å². The second kappa shape index (κ2) is 11.8. The fourth-order valence-corrected chi connectivity index (χ4v) is 4.16. The van der Waals surface area contributed by atoms with E-state index in [1.807, 2.05) is 38.1 Å². The maximum atomic E-state index is 13.4. The zero-order chi connectivity index (χ0) is 24.6. The summed E-state index contributed by atoms with van der Waals surface area (Å²) in [6.07, 6.45) is 2.72. The molecule has 33 heavy (non-hydrogen) atoms. The first-order valence-electron chi connectivity index (χ1n) is 10.9. The van der Waals surface area contributed by atoms with Crippen LogP contribution in [0.2, 0.25) is 0 Å². The molecular formula is C24H32FN3O4S. The Hall–Kier alpha value is -2.94. The van der Waals surface area contributed by atoms with Crippen molar-refractivity contribution in [2.24, 2.45) is 0 Å². The standard InChI is InChI=1S/C24H32FN3O4S/c1-5-6-15-26-24(30)19(3)27(16-20-10-8-7-9-18(20)2)23(29)17-28(33(4,31)32)22-13-11-21(25)12-14-22/h7-14,19H,5-6,15-17H2,1-4H3,(H,26,30)/t19-/m1/s1. The van der Waals surface area contributed by atoms with Gasteiger partial charge in [-0.05, 0) is 55.7 Å². The number of anilines is 1. The molecule has 0 radical (unpaired) electrons. The van der Waals surface area contributed by atoms with Crippen molar-refractivity contribution in [2.75, 3.05) is 23.7 Å². The molecule has 180 valence electrons. The third kappa shape index (κ3) is 7.56. The molecule has 1 atom stereocenters. The number of benzene rings is 2. The second-order valence-electron chi connectivity index (χ2n) is 8.01. The predicted octanol–water partition coefficient (Wildman–Crippen LogP) is 3.23. The number of hydrogen-bond acceptors (Lipinski definition) is 4. The first-order valence-corrected chi connectivity index (χ1v) is 12.7. The summed E-state index contributed by atoms with van der Waals surface area (Å²) in [5, 5.41) is 2.83. The van der Waals surface area contributed by atoms with E-state index >= 15 is 0 Å². The van der Waals surface area contributed by atoms with Gasteiger partial charge < -0.3 is 10.2 Å². The molecular weight excluding hydrogens is 445 g/mol. The lowest BCUT2D eigenvalue weighted by molar-refractivity contribution is -0.139. The number of carbonyl (C=O) groups excluding carboxylic acids is 2. The van der Waals surface area contributed by atoms with Crippen LogP contribution >= 0.6 is 0 Å². The van der Waals surface area contributed by atoms with Gasteiger partial charge in [-0.1, -0.05) is 37.6 Å². The summed E-state index contributed by atoms with van der Waals surface area (Å²) in [6.45, 7) is 5.68. The van der Waals surface area contributed by atoms with Crippen molar-refractivity contribution in [3.05, 3.63) is 65.5 Å². The average molecular weight is 478 g/mol. The van der Waals surface area contributed by atoms with Gasteiger partial charge in [-0.3, -0.25) is 13.9 Å². The van der Waals surface area contributed by atoms with Crippen molar-refractivity contribution in [1.29, 1.82) is 0 Å². The lowest BCUT2D eigenvalue weighted by Crippen LogP contribution is -2.51. The second-order valence-corrected chi connectivity index (χ2v) is 9.92.